The first-order valence-electron chi connectivity index (χ1n) is 10.5. The Hall–Kier alpha value is -2.47. The van der Waals surface area contributed by atoms with Crippen molar-refractivity contribution in [1.82, 2.24) is 0 Å². The molecular weight excluding hydrogens is 456 g/mol. The van der Waals surface area contributed by atoms with Crippen molar-refractivity contribution < 1.29 is 14.4 Å². The number of nitrogens with one attached hydrogen (secondary N) is 1. The predicted octanol–water partition coefficient (Wildman–Crippen LogP) is 6.13. The molecule has 2 bridgehead atoms. The quantitative estimate of drug-likeness (QED) is 0.421. The van der Waals surface area contributed by atoms with Crippen LogP contribution in [0.5, 0.6) is 0 Å². The van der Waals surface area contributed by atoms with E-state index in [0.29, 0.717) is 16.5 Å². The number of carbonyl (C=O) groups is 2. The van der Waals surface area contributed by atoms with Crippen LogP contribution in [-0.2, 0) is 9.63 Å². The van der Waals surface area contributed by atoms with Crippen LogP contribution < -0.4 is 5.32 Å². The summed E-state index contributed by atoms with van der Waals surface area (Å²) in [5.74, 6) is -0.505. The van der Waals surface area contributed by atoms with E-state index in [1.54, 1.807) is 18.2 Å². The number of oxime groups is 1. The molecule has 0 spiro atoms. The molecule has 5 nitrogen and oxygen atoms in total. The SMILES string of the molecule is Cc1ccc(NC(=O)C23CCC(C)(C(=NOC(=O)c4ccccc4Br)C2)C3(C)C)cc1. The fourth-order valence-corrected chi connectivity index (χ4v) is 5.63. The summed E-state index contributed by atoms with van der Waals surface area (Å²) in [6.07, 6.45) is 2.09. The number of fused-ring (bicyclic) bond motifs is 2. The lowest BCUT2D eigenvalue weighted by atomic mass is 9.64. The summed E-state index contributed by atoms with van der Waals surface area (Å²) < 4.78 is 0.661. The second-order valence-electron chi connectivity index (χ2n) is 9.43. The zero-order valence-electron chi connectivity index (χ0n) is 18.3. The molecule has 1 amide bonds. The van der Waals surface area contributed by atoms with E-state index in [2.05, 4.69) is 47.2 Å². The number of hydrogen-bond acceptors (Lipinski definition) is 4. The van der Waals surface area contributed by atoms with Crippen molar-refractivity contribution in [3.8, 4) is 0 Å². The number of carbonyl (C=O) groups excluding carboxylic acids is 2. The normalized spacial score (nSPS) is 27.3. The van der Waals surface area contributed by atoms with Gasteiger partial charge in [0.25, 0.3) is 0 Å². The van der Waals surface area contributed by atoms with Crippen LogP contribution in [0.25, 0.3) is 0 Å². The van der Waals surface area contributed by atoms with E-state index < -0.39 is 11.4 Å². The van der Waals surface area contributed by atoms with Crippen LogP contribution in [0.3, 0.4) is 0 Å². The minimum Gasteiger partial charge on any atom is -0.326 e. The average Bonchev–Trinajstić information content (AvgIpc) is 3.04. The molecule has 2 aliphatic carbocycles. The molecule has 0 aliphatic heterocycles. The van der Waals surface area contributed by atoms with Crippen LogP contribution >= 0.6 is 15.9 Å². The first-order chi connectivity index (χ1) is 14.6. The number of amides is 1. The third-order valence-corrected chi connectivity index (χ3v) is 8.50. The van der Waals surface area contributed by atoms with E-state index in [9.17, 15) is 9.59 Å². The highest BCUT2D eigenvalue weighted by Crippen LogP contribution is 2.71. The van der Waals surface area contributed by atoms with Gasteiger partial charge >= 0.3 is 5.97 Å². The van der Waals surface area contributed by atoms with Gasteiger partial charge in [0.15, 0.2) is 0 Å². The molecule has 2 fully saturated rings. The molecule has 0 radical (unpaired) electrons. The molecular formula is C25H27BrN2O3. The van der Waals surface area contributed by atoms with Gasteiger partial charge in [-0.15, -0.1) is 0 Å². The summed E-state index contributed by atoms with van der Waals surface area (Å²) in [5.41, 5.74) is 1.91. The minimum absolute atomic E-state index is 0.00686. The molecule has 6 heteroatoms. The van der Waals surface area contributed by atoms with E-state index in [1.165, 1.54) is 0 Å². The van der Waals surface area contributed by atoms with Crippen molar-refractivity contribution >= 4 is 39.2 Å². The third-order valence-electron chi connectivity index (χ3n) is 7.81. The Labute approximate surface area is 191 Å². The van der Waals surface area contributed by atoms with Gasteiger partial charge in [-0.05, 0) is 65.4 Å². The van der Waals surface area contributed by atoms with E-state index in [0.717, 1.165) is 29.8 Å². The van der Waals surface area contributed by atoms with Gasteiger partial charge < -0.3 is 10.2 Å². The highest BCUT2D eigenvalue weighted by atomic mass is 79.9. The first kappa shape index (κ1) is 21.8. The molecule has 2 aliphatic rings. The zero-order valence-corrected chi connectivity index (χ0v) is 19.9. The topological polar surface area (TPSA) is 67.8 Å². The van der Waals surface area contributed by atoms with Crippen molar-refractivity contribution in [2.45, 2.75) is 47.0 Å². The molecule has 2 saturated carbocycles. The van der Waals surface area contributed by atoms with Crippen molar-refractivity contribution in [3.05, 3.63) is 64.1 Å². The van der Waals surface area contributed by atoms with Gasteiger partial charge in [-0.25, -0.2) is 4.79 Å². The van der Waals surface area contributed by atoms with Crippen molar-refractivity contribution in [1.29, 1.82) is 0 Å². The summed E-state index contributed by atoms with van der Waals surface area (Å²) in [6.45, 7) is 8.41. The lowest BCUT2D eigenvalue weighted by molar-refractivity contribution is -0.130. The number of benzene rings is 2. The van der Waals surface area contributed by atoms with Crippen LogP contribution in [0.15, 0.2) is 58.2 Å². The Morgan fingerprint density at radius 2 is 1.71 bits per heavy atom. The standard InChI is InChI=1S/C25H27BrN2O3/c1-16-9-11-17(12-10-16)27-22(30)25-14-13-24(4,23(25,2)3)20(15-25)28-31-21(29)18-7-5-6-8-19(18)26/h5-12H,13-15H2,1-4H3,(H,27,30). The second kappa shape index (κ2) is 7.59. The molecule has 2 unspecified atom stereocenters. The Morgan fingerprint density at radius 3 is 2.39 bits per heavy atom. The lowest BCUT2D eigenvalue weighted by Crippen LogP contribution is -2.43. The molecule has 2 aromatic rings. The monoisotopic (exact) mass is 482 g/mol. The summed E-state index contributed by atoms with van der Waals surface area (Å²) in [4.78, 5) is 31.4. The molecule has 162 valence electrons. The molecule has 2 aromatic carbocycles. The van der Waals surface area contributed by atoms with Crippen molar-refractivity contribution in [2.75, 3.05) is 5.32 Å². The molecule has 4 rings (SSSR count). The second-order valence-corrected chi connectivity index (χ2v) is 10.3. The summed E-state index contributed by atoms with van der Waals surface area (Å²) in [5, 5.41) is 7.42. The number of hydrogen-bond donors (Lipinski definition) is 1. The van der Waals surface area contributed by atoms with E-state index in [1.807, 2.05) is 37.3 Å². The number of nitrogens with zero attached hydrogens (tertiary/aromatic N) is 1. The fourth-order valence-electron chi connectivity index (χ4n) is 5.18. The van der Waals surface area contributed by atoms with Crippen molar-refractivity contribution in [3.63, 3.8) is 0 Å². The van der Waals surface area contributed by atoms with E-state index >= 15 is 0 Å². The van der Waals surface area contributed by atoms with Crippen LogP contribution in [0.4, 0.5) is 5.69 Å². The number of rotatable bonds is 4. The zero-order chi connectivity index (χ0) is 22.4. The maximum Gasteiger partial charge on any atom is 0.366 e. The van der Waals surface area contributed by atoms with Crippen LogP contribution in [0.2, 0.25) is 0 Å². The Morgan fingerprint density at radius 1 is 1.03 bits per heavy atom. The van der Waals surface area contributed by atoms with Gasteiger partial charge in [0.2, 0.25) is 5.91 Å². The van der Waals surface area contributed by atoms with E-state index in [4.69, 9.17) is 4.84 Å². The van der Waals surface area contributed by atoms with Gasteiger partial charge in [-0.2, -0.15) is 0 Å². The maximum atomic E-state index is 13.5. The van der Waals surface area contributed by atoms with Crippen LogP contribution in [0, 0.1) is 23.2 Å². The van der Waals surface area contributed by atoms with Gasteiger partial charge in [-0.1, -0.05) is 55.8 Å². The van der Waals surface area contributed by atoms with Crippen LogP contribution in [0.1, 0.15) is 56.0 Å². The Balaban J connectivity index is 1.59. The molecule has 0 heterocycles. The Bertz CT molecular complexity index is 1080. The molecule has 2 atom stereocenters. The van der Waals surface area contributed by atoms with Crippen LogP contribution in [-0.4, -0.2) is 17.6 Å². The summed E-state index contributed by atoms with van der Waals surface area (Å²) in [7, 11) is 0. The maximum absolute atomic E-state index is 13.5. The highest BCUT2D eigenvalue weighted by Gasteiger charge is 2.71. The van der Waals surface area contributed by atoms with E-state index in [-0.39, 0.29) is 16.7 Å². The molecule has 31 heavy (non-hydrogen) atoms. The minimum atomic E-state index is -0.592. The molecule has 1 N–H and O–H groups in total. The predicted molar refractivity (Wildman–Crippen MR) is 125 cm³/mol. The highest BCUT2D eigenvalue weighted by molar-refractivity contribution is 9.10. The third kappa shape index (κ3) is 3.32. The van der Waals surface area contributed by atoms with Gasteiger partial charge in [0.05, 0.1) is 16.7 Å². The Kier molecular flexibility index (Phi) is 5.32. The van der Waals surface area contributed by atoms with Gasteiger partial charge in [0, 0.05) is 22.0 Å². The fraction of sp³-hybridized carbons (Fsp3) is 0.400. The lowest BCUT2D eigenvalue weighted by Gasteiger charge is -2.39. The van der Waals surface area contributed by atoms with Crippen molar-refractivity contribution in [2.24, 2.45) is 21.4 Å². The number of halogens is 1. The van der Waals surface area contributed by atoms with Gasteiger partial charge in [0.1, 0.15) is 0 Å². The average molecular weight is 483 g/mol. The molecule has 0 aromatic heterocycles. The largest absolute Gasteiger partial charge is 0.366 e. The first-order valence-corrected chi connectivity index (χ1v) is 11.3. The smallest absolute Gasteiger partial charge is 0.326 e. The summed E-state index contributed by atoms with van der Waals surface area (Å²) in [6, 6.07) is 14.9. The number of anilines is 1. The number of aryl methyl sites for hydroxylation is 1. The van der Waals surface area contributed by atoms with Gasteiger partial charge in [-0.3, -0.25) is 4.79 Å². The molecule has 0 saturated heterocycles. The summed E-state index contributed by atoms with van der Waals surface area (Å²) >= 11 is 3.37.